The van der Waals surface area contributed by atoms with Gasteiger partial charge in [0.1, 0.15) is 11.6 Å². The van der Waals surface area contributed by atoms with Gasteiger partial charge in [-0.2, -0.15) is 0 Å². The lowest BCUT2D eigenvalue weighted by Gasteiger charge is -2.14. The second-order valence-corrected chi connectivity index (χ2v) is 8.14. The molecule has 1 heterocycles. The van der Waals surface area contributed by atoms with Gasteiger partial charge in [-0.3, -0.25) is 9.36 Å². The van der Waals surface area contributed by atoms with Crippen molar-refractivity contribution in [2.45, 2.75) is 13.0 Å². The van der Waals surface area contributed by atoms with Gasteiger partial charge in [0.25, 0.3) is 5.91 Å². The van der Waals surface area contributed by atoms with Gasteiger partial charge in [-0.15, -0.1) is 0 Å². The van der Waals surface area contributed by atoms with E-state index in [2.05, 4.69) is 16.0 Å². The highest BCUT2D eigenvalue weighted by atomic mass is 16.5. The van der Waals surface area contributed by atoms with E-state index in [1.54, 1.807) is 7.11 Å². The molecule has 0 aliphatic carbocycles. The Bertz CT molecular complexity index is 1420. The van der Waals surface area contributed by atoms with Gasteiger partial charge >= 0.3 is 0 Å². The van der Waals surface area contributed by atoms with Crippen LogP contribution in [0.3, 0.4) is 0 Å². The largest absolute Gasteiger partial charge is 0.497 e. The maximum Gasteiger partial charge on any atom is 0.251 e. The molecule has 34 heavy (non-hydrogen) atoms. The molecule has 1 unspecified atom stereocenters. The maximum atomic E-state index is 12.8. The van der Waals surface area contributed by atoms with Crippen molar-refractivity contribution in [1.82, 2.24) is 14.9 Å². The minimum Gasteiger partial charge on any atom is -0.497 e. The van der Waals surface area contributed by atoms with Gasteiger partial charge in [-0.1, -0.05) is 54.6 Å². The Kier molecular flexibility index (Phi) is 5.83. The number of hydrogen-bond acceptors (Lipinski definition) is 3. The third-order valence-corrected chi connectivity index (χ3v) is 5.94. The number of carbonyl (C=O) groups excluding carboxylic acids is 1. The number of amides is 1. The van der Waals surface area contributed by atoms with Crippen molar-refractivity contribution < 1.29 is 9.53 Å². The van der Waals surface area contributed by atoms with E-state index < -0.39 is 0 Å². The summed E-state index contributed by atoms with van der Waals surface area (Å²) in [7, 11) is 1.66. The summed E-state index contributed by atoms with van der Waals surface area (Å²) in [6.07, 6.45) is 0. The van der Waals surface area contributed by atoms with Crippen molar-refractivity contribution in [2.24, 2.45) is 0 Å². The van der Waals surface area contributed by atoms with Crippen LogP contribution in [-0.4, -0.2) is 22.6 Å². The summed E-state index contributed by atoms with van der Waals surface area (Å²) in [5.74, 6) is 1.51. The first-order chi connectivity index (χ1) is 16.6. The lowest BCUT2D eigenvalue weighted by molar-refractivity contribution is 0.0940. The van der Waals surface area contributed by atoms with Crippen molar-refractivity contribution in [3.63, 3.8) is 0 Å². The third-order valence-electron chi connectivity index (χ3n) is 5.94. The third kappa shape index (κ3) is 4.16. The van der Waals surface area contributed by atoms with Crippen LogP contribution in [0.1, 0.15) is 28.9 Å². The zero-order chi connectivity index (χ0) is 23.5. The number of methoxy groups -OCH3 is 1. The molecule has 1 aromatic heterocycles. The smallest absolute Gasteiger partial charge is 0.251 e. The fraction of sp³-hybridized carbons (Fsp3) is 0.103. The number of fused-ring (bicyclic) bond motifs is 1. The topological polar surface area (TPSA) is 56.1 Å². The first kappa shape index (κ1) is 21.5. The number of rotatable bonds is 6. The highest BCUT2D eigenvalue weighted by molar-refractivity contribution is 5.95. The molecule has 0 saturated heterocycles. The average molecular weight is 448 g/mol. The van der Waals surface area contributed by atoms with E-state index in [1.807, 2.05) is 104 Å². The van der Waals surface area contributed by atoms with Crippen LogP contribution in [0, 0.1) is 0 Å². The number of para-hydroxylation sites is 2. The van der Waals surface area contributed by atoms with Crippen LogP contribution in [0.15, 0.2) is 103 Å². The number of ether oxygens (including phenoxy) is 1. The average Bonchev–Trinajstić information content (AvgIpc) is 3.29. The monoisotopic (exact) mass is 447 g/mol. The van der Waals surface area contributed by atoms with E-state index in [0.29, 0.717) is 5.56 Å². The molecule has 0 radical (unpaired) electrons. The highest BCUT2D eigenvalue weighted by Gasteiger charge is 2.16. The Balaban J connectivity index is 1.47. The van der Waals surface area contributed by atoms with Crippen molar-refractivity contribution in [3.8, 4) is 22.8 Å². The van der Waals surface area contributed by atoms with Gasteiger partial charge in [0.2, 0.25) is 0 Å². The van der Waals surface area contributed by atoms with E-state index in [-0.39, 0.29) is 11.9 Å². The normalized spacial score (nSPS) is 11.8. The molecule has 0 saturated carbocycles. The zero-order valence-corrected chi connectivity index (χ0v) is 19.1. The minimum atomic E-state index is -0.105. The van der Waals surface area contributed by atoms with Gasteiger partial charge in [-0.25, -0.2) is 4.98 Å². The van der Waals surface area contributed by atoms with Gasteiger partial charge in [0, 0.05) is 16.8 Å². The minimum absolute atomic E-state index is 0.0763. The molecular weight excluding hydrogens is 422 g/mol. The van der Waals surface area contributed by atoms with Crippen molar-refractivity contribution in [1.29, 1.82) is 0 Å². The molecule has 5 aromatic rings. The van der Waals surface area contributed by atoms with E-state index in [4.69, 9.17) is 9.72 Å². The Morgan fingerprint density at radius 2 is 1.53 bits per heavy atom. The molecule has 0 aliphatic rings. The van der Waals surface area contributed by atoms with E-state index in [1.165, 1.54) is 0 Å². The predicted octanol–water partition coefficient (Wildman–Crippen LogP) is 6.19. The van der Waals surface area contributed by atoms with Crippen molar-refractivity contribution >= 4 is 16.9 Å². The van der Waals surface area contributed by atoms with E-state index in [9.17, 15) is 4.79 Å². The molecule has 0 fully saturated rings. The first-order valence-electron chi connectivity index (χ1n) is 11.2. The second kappa shape index (κ2) is 9.24. The molecule has 5 nitrogen and oxygen atoms in total. The lowest BCUT2D eigenvalue weighted by atomic mass is 10.1. The molecule has 5 heteroatoms. The summed E-state index contributed by atoms with van der Waals surface area (Å²) < 4.78 is 7.44. The zero-order valence-electron chi connectivity index (χ0n) is 19.1. The Morgan fingerprint density at radius 3 is 2.24 bits per heavy atom. The van der Waals surface area contributed by atoms with Gasteiger partial charge in [0.15, 0.2) is 0 Å². The fourth-order valence-electron chi connectivity index (χ4n) is 4.09. The molecular formula is C29H25N3O2. The summed E-state index contributed by atoms with van der Waals surface area (Å²) in [5, 5.41) is 3.07. The molecule has 1 atom stereocenters. The fourth-order valence-corrected chi connectivity index (χ4v) is 4.09. The molecule has 0 aliphatic heterocycles. The molecule has 0 spiro atoms. The SMILES string of the molecule is COc1ccc(-n2c(-c3ccc(C(=O)NC(C)c4ccccc4)cc3)nc3ccccc32)cc1. The number of aromatic nitrogens is 2. The molecule has 1 N–H and O–H groups in total. The summed E-state index contributed by atoms with van der Waals surface area (Å²) in [5.41, 5.74) is 5.52. The molecule has 168 valence electrons. The number of carbonyl (C=O) groups is 1. The van der Waals surface area contributed by atoms with Crippen molar-refractivity contribution in [3.05, 3.63) is 114 Å². The predicted molar refractivity (Wildman–Crippen MR) is 135 cm³/mol. The summed E-state index contributed by atoms with van der Waals surface area (Å²) in [4.78, 5) is 17.7. The standard InChI is InChI=1S/C29H25N3O2/c1-20(21-8-4-3-5-9-21)30-29(33)23-14-12-22(13-15-23)28-31-26-10-6-7-11-27(26)32(28)24-16-18-25(34-2)19-17-24/h3-20H,1-2H3,(H,30,33). The summed E-state index contributed by atoms with van der Waals surface area (Å²) in [6, 6.07) is 33.4. The number of nitrogens with one attached hydrogen (secondary N) is 1. The van der Waals surface area contributed by atoms with Gasteiger partial charge in [0.05, 0.1) is 24.2 Å². The molecule has 5 rings (SSSR count). The van der Waals surface area contributed by atoms with Gasteiger partial charge < -0.3 is 10.1 Å². The summed E-state index contributed by atoms with van der Waals surface area (Å²) >= 11 is 0. The Hall–Kier alpha value is -4.38. The van der Waals surface area contributed by atoms with Crippen LogP contribution in [0.25, 0.3) is 28.1 Å². The highest BCUT2D eigenvalue weighted by Crippen LogP contribution is 2.29. The van der Waals surface area contributed by atoms with Crippen LogP contribution in [0.4, 0.5) is 0 Å². The van der Waals surface area contributed by atoms with Crippen molar-refractivity contribution in [2.75, 3.05) is 7.11 Å². The molecule has 0 bridgehead atoms. The Labute approximate surface area is 198 Å². The van der Waals surface area contributed by atoms with Crippen LogP contribution in [-0.2, 0) is 0 Å². The maximum absolute atomic E-state index is 12.8. The number of nitrogens with zero attached hydrogens (tertiary/aromatic N) is 2. The van der Waals surface area contributed by atoms with E-state index in [0.717, 1.165) is 39.4 Å². The molecule has 4 aromatic carbocycles. The van der Waals surface area contributed by atoms with Crippen LogP contribution in [0.5, 0.6) is 5.75 Å². The Morgan fingerprint density at radius 1 is 0.853 bits per heavy atom. The first-order valence-corrected chi connectivity index (χ1v) is 11.2. The summed E-state index contributed by atoms with van der Waals surface area (Å²) in [6.45, 7) is 1.98. The number of benzene rings is 4. The van der Waals surface area contributed by atoms with E-state index >= 15 is 0 Å². The number of imidazole rings is 1. The number of hydrogen-bond donors (Lipinski definition) is 1. The second-order valence-electron chi connectivity index (χ2n) is 8.14. The quantitative estimate of drug-likeness (QED) is 0.338. The molecule has 1 amide bonds. The van der Waals surface area contributed by atoms with Crippen LogP contribution in [0.2, 0.25) is 0 Å². The lowest BCUT2D eigenvalue weighted by Crippen LogP contribution is -2.26. The van der Waals surface area contributed by atoms with Crippen LogP contribution >= 0.6 is 0 Å². The van der Waals surface area contributed by atoms with Crippen LogP contribution < -0.4 is 10.1 Å². The van der Waals surface area contributed by atoms with Gasteiger partial charge in [-0.05, 0) is 61.0 Å².